The number of halogens is 2. The van der Waals surface area contributed by atoms with Gasteiger partial charge < -0.3 is 4.57 Å². The number of nitrogens with zero attached hydrogens (tertiary/aromatic N) is 5. The van der Waals surface area contributed by atoms with Gasteiger partial charge in [0, 0.05) is 51.6 Å². The first-order chi connectivity index (χ1) is 31.7. The Bertz CT molecular complexity index is 3280. The molecule has 0 amide bonds. The van der Waals surface area contributed by atoms with Gasteiger partial charge in [-0.1, -0.05) is 92.9 Å². The van der Waals surface area contributed by atoms with Crippen molar-refractivity contribution in [2.24, 2.45) is 17.8 Å². The fourth-order valence-electron chi connectivity index (χ4n) is 9.40. The summed E-state index contributed by atoms with van der Waals surface area (Å²) in [6.45, 7) is 14.5. The van der Waals surface area contributed by atoms with Gasteiger partial charge in [0.05, 0.1) is 59.7 Å². The Hall–Kier alpha value is -3.50. The van der Waals surface area contributed by atoms with E-state index in [9.17, 15) is 0 Å². The third-order valence-electron chi connectivity index (χ3n) is 13.4. The Morgan fingerprint density at radius 3 is 1.69 bits per heavy atom. The van der Waals surface area contributed by atoms with E-state index in [2.05, 4.69) is 82.5 Å². The highest BCUT2D eigenvalue weighted by Gasteiger charge is 2.28. The van der Waals surface area contributed by atoms with Gasteiger partial charge in [-0.25, -0.2) is 8.78 Å². The van der Waals surface area contributed by atoms with E-state index in [-0.39, 0.29) is 11.6 Å². The summed E-state index contributed by atoms with van der Waals surface area (Å²) in [5, 5.41) is 0. The van der Waals surface area contributed by atoms with Crippen LogP contribution in [-0.2, 0) is 19.4 Å². The minimum absolute atomic E-state index is 0.261. The lowest BCUT2D eigenvalue weighted by Gasteiger charge is -2.17. The summed E-state index contributed by atoms with van der Waals surface area (Å²) in [7, 11) is 0. The molecule has 0 spiro atoms. The van der Waals surface area contributed by atoms with Crippen molar-refractivity contribution in [1.82, 2.24) is 22.1 Å². The molecule has 3 unspecified atom stereocenters. The first-order valence-electron chi connectivity index (χ1n) is 23.3. The van der Waals surface area contributed by atoms with Gasteiger partial charge in [-0.05, 0) is 85.5 Å². The second-order valence-electron chi connectivity index (χ2n) is 17.8. The van der Waals surface area contributed by atoms with Crippen LogP contribution in [0.25, 0.3) is 93.7 Å². The van der Waals surface area contributed by atoms with Gasteiger partial charge in [-0.15, -0.1) is 56.7 Å². The molecule has 5 nitrogen and oxygen atoms in total. The zero-order valence-electron chi connectivity index (χ0n) is 37.7. The molecule has 0 bridgehead atoms. The highest BCUT2D eigenvalue weighted by molar-refractivity contribution is 7.37. The van der Waals surface area contributed by atoms with Crippen LogP contribution < -0.4 is 0 Å². The predicted octanol–water partition coefficient (Wildman–Crippen LogP) is 18.8. The molecule has 0 aliphatic carbocycles. The fourth-order valence-corrected chi connectivity index (χ4v) is 16.9. The number of rotatable bonds is 19. The molecule has 10 aromatic rings. The number of hydrogen-bond acceptors (Lipinski definition) is 11. The zero-order chi connectivity index (χ0) is 44.9. The predicted molar refractivity (Wildman–Crippen MR) is 283 cm³/mol. The Labute approximate surface area is 407 Å². The molecule has 8 aromatic heterocycles. The lowest BCUT2D eigenvalue weighted by Crippen LogP contribution is -2.09. The third-order valence-corrected chi connectivity index (χ3v) is 20.5. The molecule has 0 N–H and O–H groups in total. The molecule has 0 saturated heterocycles. The molecule has 65 heavy (non-hydrogen) atoms. The molecule has 0 aliphatic rings. The maximum atomic E-state index is 16.7. The Kier molecular flexibility index (Phi) is 13.4. The second kappa shape index (κ2) is 19.2. The van der Waals surface area contributed by atoms with Gasteiger partial charge >= 0.3 is 0 Å². The van der Waals surface area contributed by atoms with Crippen molar-refractivity contribution < 1.29 is 8.78 Å². The van der Waals surface area contributed by atoms with Crippen LogP contribution >= 0.6 is 80.1 Å². The molecular formula is C51H53F2N5S7. The van der Waals surface area contributed by atoms with Crippen LogP contribution in [0.15, 0.2) is 48.5 Å². The maximum absolute atomic E-state index is 16.7. The van der Waals surface area contributed by atoms with Gasteiger partial charge in [0.1, 0.15) is 33.7 Å². The van der Waals surface area contributed by atoms with Crippen LogP contribution in [0.3, 0.4) is 0 Å². The standard InChI is InChI=1S/C51H53F2N5S7/c1-7-12-14-28(10-4)21-31-17-19-38(60-31)33-23-35(53)43(47-45(33)55-65-57-47)40-25-41-50(62-40)48-51(63-41)49-36(58(48)26-29(11-5)15-13-8-2)24-39(61-49)42-34(52)22-32(44-46(42)56-64-54-44)37-18-16-30(59-37)20-27(6)9-3/h16-19,22-25,27-29H,7-15,20-21,26H2,1-6H3. The number of unbranched alkanes of at least 4 members (excludes halogenated alkanes) is 2. The smallest absolute Gasteiger partial charge is 0.134 e. The minimum Gasteiger partial charge on any atom is -0.338 e. The largest absolute Gasteiger partial charge is 0.338 e. The van der Waals surface area contributed by atoms with Crippen LogP contribution in [0.2, 0.25) is 0 Å². The summed E-state index contributed by atoms with van der Waals surface area (Å²) in [4.78, 5) is 6.48. The molecule has 0 saturated carbocycles. The van der Waals surface area contributed by atoms with E-state index in [1.165, 1.54) is 52.1 Å². The van der Waals surface area contributed by atoms with E-state index in [0.717, 1.165) is 130 Å². The van der Waals surface area contributed by atoms with E-state index < -0.39 is 0 Å². The number of fused-ring (bicyclic) bond motifs is 7. The Balaban J connectivity index is 1.05. The summed E-state index contributed by atoms with van der Waals surface area (Å²) in [5.41, 5.74) is 7.82. The van der Waals surface area contributed by atoms with Crippen molar-refractivity contribution in [1.29, 1.82) is 0 Å². The minimum atomic E-state index is -0.266. The lowest BCUT2D eigenvalue weighted by molar-refractivity contribution is 0.401. The number of aromatic nitrogens is 5. The molecule has 3 atom stereocenters. The van der Waals surface area contributed by atoms with Crippen LogP contribution in [0.4, 0.5) is 8.78 Å². The summed E-state index contributed by atoms with van der Waals surface area (Å²) < 4.78 is 59.6. The SMILES string of the molecule is CCCCC(CC)Cc1ccc(-c2cc(F)c(-c3cc4sc5c6sc(-c7c(F)cc(-c8ccc(CC(C)CC)s8)c8nsnc78)cc6n(CC(CC)CCCC)c5c4s3)c3nsnc23)s1. The molecule has 338 valence electrons. The van der Waals surface area contributed by atoms with E-state index in [4.69, 9.17) is 17.5 Å². The van der Waals surface area contributed by atoms with Crippen LogP contribution in [0.1, 0.15) is 109 Å². The molecule has 0 fully saturated rings. The van der Waals surface area contributed by atoms with Gasteiger partial charge in [0.2, 0.25) is 0 Å². The Morgan fingerprint density at radius 2 is 1.11 bits per heavy atom. The summed E-state index contributed by atoms with van der Waals surface area (Å²) >= 11 is 10.9. The second-order valence-corrected chi connectivity index (χ2v) is 24.3. The number of hydrogen-bond donors (Lipinski definition) is 0. The van der Waals surface area contributed by atoms with Gasteiger partial charge in [0.25, 0.3) is 0 Å². The zero-order valence-corrected chi connectivity index (χ0v) is 43.4. The quantitative estimate of drug-likeness (QED) is 0.0810. The monoisotopic (exact) mass is 997 g/mol. The first-order valence-corrected chi connectivity index (χ1v) is 28.8. The maximum Gasteiger partial charge on any atom is 0.134 e. The van der Waals surface area contributed by atoms with Crippen LogP contribution in [0.5, 0.6) is 0 Å². The fraction of sp³-hybridized carbons (Fsp3) is 0.412. The number of benzene rings is 2. The highest BCUT2D eigenvalue weighted by atomic mass is 32.1. The van der Waals surface area contributed by atoms with E-state index in [1.807, 2.05) is 0 Å². The van der Waals surface area contributed by atoms with Crippen molar-refractivity contribution in [2.75, 3.05) is 0 Å². The highest BCUT2D eigenvalue weighted by Crippen LogP contribution is 2.52. The first kappa shape index (κ1) is 45.3. The van der Waals surface area contributed by atoms with E-state index in [1.54, 1.807) is 68.8 Å². The lowest BCUT2D eigenvalue weighted by atomic mass is 9.95. The average Bonchev–Trinajstić information content (AvgIpc) is 4.16. The van der Waals surface area contributed by atoms with E-state index in [0.29, 0.717) is 39.9 Å². The molecule has 8 heterocycles. The van der Waals surface area contributed by atoms with E-state index >= 15 is 8.78 Å². The molecule has 10 rings (SSSR count). The summed E-state index contributed by atoms with van der Waals surface area (Å²) in [6, 6.07) is 16.4. The van der Waals surface area contributed by atoms with Crippen LogP contribution in [0, 0.1) is 29.4 Å². The molecule has 0 aliphatic heterocycles. The topological polar surface area (TPSA) is 56.5 Å². The van der Waals surface area contributed by atoms with Crippen molar-refractivity contribution in [3.8, 4) is 41.8 Å². The summed E-state index contributed by atoms with van der Waals surface area (Å²) in [6.07, 6.45) is 12.6. The van der Waals surface area contributed by atoms with Crippen molar-refractivity contribution in [3.63, 3.8) is 0 Å². The number of thiophene rings is 5. The molecular weight excluding hydrogens is 945 g/mol. The van der Waals surface area contributed by atoms with Crippen molar-refractivity contribution in [2.45, 2.75) is 119 Å². The van der Waals surface area contributed by atoms with Crippen molar-refractivity contribution in [3.05, 3.63) is 69.9 Å². The van der Waals surface area contributed by atoms with Gasteiger partial charge in [0.15, 0.2) is 0 Å². The van der Waals surface area contributed by atoms with Crippen molar-refractivity contribution >= 4 is 132 Å². The van der Waals surface area contributed by atoms with Crippen LogP contribution in [-0.4, -0.2) is 22.1 Å². The Morgan fingerprint density at radius 1 is 0.554 bits per heavy atom. The normalized spacial score (nSPS) is 13.8. The van der Waals surface area contributed by atoms with Gasteiger partial charge in [-0.2, -0.15) is 17.5 Å². The molecule has 2 aromatic carbocycles. The molecule has 0 radical (unpaired) electrons. The molecule has 14 heteroatoms. The third kappa shape index (κ3) is 8.45. The van der Waals surface area contributed by atoms with Gasteiger partial charge in [-0.3, -0.25) is 0 Å². The summed E-state index contributed by atoms with van der Waals surface area (Å²) in [5.74, 6) is 1.22. The average molecular weight is 998 g/mol.